The zero-order valence-electron chi connectivity index (χ0n) is 12.7. The number of ether oxygens (including phenoxy) is 3. The van der Waals surface area contributed by atoms with E-state index in [0.29, 0.717) is 35.1 Å². The Hall–Kier alpha value is -2.21. The van der Waals surface area contributed by atoms with Crippen LogP contribution in [0.15, 0.2) is 24.4 Å². The van der Waals surface area contributed by atoms with Gasteiger partial charge in [0.1, 0.15) is 23.3 Å². The van der Waals surface area contributed by atoms with E-state index >= 15 is 0 Å². The molecule has 1 atom stereocenters. The van der Waals surface area contributed by atoms with Gasteiger partial charge in [0.2, 0.25) is 0 Å². The number of aliphatic hydroxyl groups excluding tert-OH is 1. The highest BCUT2D eigenvalue weighted by Gasteiger charge is 2.26. The van der Waals surface area contributed by atoms with Gasteiger partial charge in [-0.3, -0.25) is 4.68 Å². The van der Waals surface area contributed by atoms with Gasteiger partial charge in [0, 0.05) is 6.54 Å². The molecule has 0 aliphatic rings. The molecule has 21 heavy (non-hydrogen) atoms. The SMILES string of the molecule is CCn1ncc(OC)c1C(O)c1c(OC)cccc1OC. The highest BCUT2D eigenvalue weighted by atomic mass is 16.5. The highest BCUT2D eigenvalue weighted by Crippen LogP contribution is 2.39. The normalized spacial score (nSPS) is 12.0. The number of aryl methyl sites for hydroxylation is 1. The average Bonchev–Trinajstić information content (AvgIpc) is 2.96. The maximum atomic E-state index is 10.8. The number of benzene rings is 1. The predicted octanol–water partition coefficient (Wildman–Crippen LogP) is 2.01. The van der Waals surface area contributed by atoms with Crippen LogP contribution in [0.1, 0.15) is 24.3 Å². The van der Waals surface area contributed by atoms with Crippen molar-refractivity contribution in [2.75, 3.05) is 21.3 Å². The van der Waals surface area contributed by atoms with Crippen LogP contribution in [-0.2, 0) is 6.54 Å². The van der Waals surface area contributed by atoms with E-state index in [0.717, 1.165) is 0 Å². The zero-order valence-corrected chi connectivity index (χ0v) is 12.7. The molecule has 1 unspecified atom stereocenters. The molecule has 0 saturated carbocycles. The second-order valence-electron chi connectivity index (χ2n) is 4.39. The van der Waals surface area contributed by atoms with Gasteiger partial charge in [0.15, 0.2) is 5.75 Å². The maximum Gasteiger partial charge on any atom is 0.163 e. The van der Waals surface area contributed by atoms with Crippen molar-refractivity contribution in [1.29, 1.82) is 0 Å². The summed E-state index contributed by atoms with van der Waals surface area (Å²) in [5.74, 6) is 1.62. The first-order chi connectivity index (χ1) is 10.2. The standard InChI is InChI=1S/C15H20N2O4/c1-5-17-14(12(21-4)9-16-17)15(18)13-10(19-2)7-6-8-11(13)20-3/h6-9,15,18H,5H2,1-4H3. The topological polar surface area (TPSA) is 65.7 Å². The minimum atomic E-state index is -0.964. The Balaban J connectivity index is 2.59. The van der Waals surface area contributed by atoms with E-state index in [4.69, 9.17) is 14.2 Å². The van der Waals surface area contributed by atoms with Crippen molar-refractivity contribution in [2.45, 2.75) is 19.6 Å². The molecule has 1 heterocycles. The minimum absolute atomic E-state index is 0.525. The van der Waals surface area contributed by atoms with Gasteiger partial charge in [0.25, 0.3) is 0 Å². The summed E-state index contributed by atoms with van der Waals surface area (Å²) in [6, 6.07) is 5.36. The summed E-state index contributed by atoms with van der Waals surface area (Å²) in [4.78, 5) is 0. The lowest BCUT2D eigenvalue weighted by atomic mass is 10.0. The first kappa shape index (κ1) is 15.2. The smallest absolute Gasteiger partial charge is 0.163 e. The number of hydrogen-bond acceptors (Lipinski definition) is 5. The third-order valence-corrected chi connectivity index (χ3v) is 3.36. The molecule has 0 aliphatic carbocycles. The average molecular weight is 292 g/mol. The fourth-order valence-corrected chi connectivity index (χ4v) is 2.35. The summed E-state index contributed by atoms with van der Waals surface area (Å²) in [6.45, 7) is 2.56. The van der Waals surface area contributed by atoms with Gasteiger partial charge in [0.05, 0.1) is 33.1 Å². The molecule has 0 bridgehead atoms. The van der Waals surface area contributed by atoms with Crippen LogP contribution in [0.4, 0.5) is 0 Å². The molecule has 0 fully saturated rings. The number of aliphatic hydroxyl groups is 1. The van der Waals surface area contributed by atoms with Crippen LogP contribution < -0.4 is 14.2 Å². The second-order valence-corrected chi connectivity index (χ2v) is 4.39. The molecule has 0 spiro atoms. The van der Waals surface area contributed by atoms with Crippen LogP contribution in [0.25, 0.3) is 0 Å². The Morgan fingerprint density at radius 3 is 2.14 bits per heavy atom. The van der Waals surface area contributed by atoms with Gasteiger partial charge in [-0.15, -0.1) is 0 Å². The van der Waals surface area contributed by atoms with Gasteiger partial charge in [-0.05, 0) is 19.1 Å². The molecule has 0 amide bonds. The zero-order chi connectivity index (χ0) is 15.4. The van der Waals surface area contributed by atoms with Crippen molar-refractivity contribution in [1.82, 2.24) is 9.78 Å². The minimum Gasteiger partial charge on any atom is -0.496 e. The molecule has 6 heteroatoms. The number of nitrogens with zero attached hydrogens (tertiary/aromatic N) is 2. The van der Waals surface area contributed by atoms with E-state index in [9.17, 15) is 5.11 Å². The molecule has 1 aromatic carbocycles. The Morgan fingerprint density at radius 1 is 1.10 bits per heavy atom. The van der Waals surface area contributed by atoms with Crippen molar-refractivity contribution < 1.29 is 19.3 Å². The second kappa shape index (κ2) is 6.49. The lowest BCUT2D eigenvalue weighted by Crippen LogP contribution is -2.12. The molecule has 114 valence electrons. The third-order valence-electron chi connectivity index (χ3n) is 3.36. The van der Waals surface area contributed by atoms with Gasteiger partial charge < -0.3 is 19.3 Å². The van der Waals surface area contributed by atoms with Crippen molar-refractivity contribution in [3.63, 3.8) is 0 Å². The molecule has 1 N–H and O–H groups in total. The third kappa shape index (κ3) is 2.67. The molecular weight excluding hydrogens is 272 g/mol. The molecule has 0 aliphatic heterocycles. The van der Waals surface area contributed by atoms with Gasteiger partial charge in [-0.25, -0.2) is 0 Å². The molecule has 0 radical (unpaired) electrons. The number of methoxy groups -OCH3 is 3. The van der Waals surface area contributed by atoms with Crippen LogP contribution in [0.3, 0.4) is 0 Å². The fraction of sp³-hybridized carbons (Fsp3) is 0.400. The van der Waals surface area contributed by atoms with E-state index in [1.54, 1.807) is 44.3 Å². The van der Waals surface area contributed by atoms with Crippen molar-refractivity contribution in [3.8, 4) is 17.2 Å². The Kier molecular flexibility index (Phi) is 4.70. The largest absolute Gasteiger partial charge is 0.496 e. The Labute approximate surface area is 123 Å². The molecule has 2 rings (SSSR count). The van der Waals surface area contributed by atoms with Crippen LogP contribution in [0.5, 0.6) is 17.2 Å². The van der Waals surface area contributed by atoms with Crippen molar-refractivity contribution >= 4 is 0 Å². The molecule has 2 aromatic rings. The first-order valence-electron chi connectivity index (χ1n) is 6.66. The van der Waals surface area contributed by atoms with E-state index in [2.05, 4.69) is 5.10 Å². The van der Waals surface area contributed by atoms with E-state index in [-0.39, 0.29) is 0 Å². The van der Waals surface area contributed by atoms with Gasteiger partial charge in [-0.2, -0.15) is 5.10 Å². The lowest BCUT2D eigenvalue weighted by Gasteiger charge is -2.19. The van der Waals surface area contributed by atoms with Gasteiger partial charge in [-0.1, -0.05) is 6.07 Å². The summed E-state index contributed by atoms with van der Waals surface area (Å²) >= 11 is 0. The molecule has 6 nitrogen and oxygen atoms in total. The number of rotatable bonds is 6. The molecule has 1 aromatic heterocycles. The van der Waals surface area contributed by atoms with Crippen LogP contribution >= 0.6 is 0 Å². The Morgan fingerprint density at radius 2 is 1.67 bits per heavy atom. The summed E-state index contributed by atoms with van der Waals surface area (Å²) in [6.07, 6.45) is 0.623. The van der Waals surface area contributed by atoms with Crippen LogP contribution in [0.2, 0.25) is 0 Å². The summed E-state index contributed by atoms with van der Waals surface area (Å²) < 4.78 is 17.7. The number of hydrogen-bond donors (Lipinski definition) is 1. The van der Waals surface area contributed by atoms with Crippen LogP contribution in [0, 0.1) is 0 Å². The quantitative estimate of drug-likeness (QED) is 0.882. The van der Waals surface area contributed by atoms with Crippen molar-refractivity contribution in [3.05, 3.63) is 35.7 Å². The number of aromatic nitrogens is 2. The monoisotopic (exact) mass is 292 g/mol. The highest BCUT2D eigenvalue weighted by molar-refractivity contribution is 5.50. The van der Waals surface area contributed by atoms with E-state index in [1.165, 1.54) is 0 Å². The van der Waals surface area contributed by atoms with E-state index in [1.807, 2.05) is 13.0 Å². The first-order valence-corrected chi connectivity index (χ1v) is 6.66. The molecule has 0 saturated heterocycles. The summed E-state index contributed by atoms with van der Waals surface area (Å²) in [5, 5.41) is 15.0. The predicted molar refractivity (Wildman–Crippen MR) is 78.1 cm³/mol. The Bertz CT molecular complexity index is 566. The fourth-order valence-electron chi connectivity index (χ4n) is 2.35. The van der Waals surface area contributed by atoms with E-state index < -0.39 is 6.10 Å². The summed E-state index contributed by atoms with van der Waals surface area (Å²) in [5.41, 5.74) is 1.12. The van der Waals surface area contributed by atoms with Crippen molar-refractivity contribution in [2.24, 2.45) is 0 Å². The van der Waals surface area contributed by atoms with Gasteiger partial charge >= 0.3 is 0 Å². The lowest BCUT2D eigenvalue weighted by molar-refractivity contribution is 0.192. The molecular formula is C15H20N2O4. The maximum absolute atomic E-state index is 10.8. The summed E-state index contributed by atoms with van der Waals surface area (Å²) in [7, 11) is 4.66. The van der Waals surface area contributed by atoms with Crippen LogP contribution in [-0.4, -0.2) is 36.2 Å².